The van der Waals surface area contributed by atoms with Crippen molar-refractivity contribution in [2.75, 3.05) is 19.5 Å². The molecule has 5 nitrogen and oxygen atoms in total. The molecular formula is C18H19NO4S. The Hall–Kier alpha value is -2.47. The molecule has 0 saturated carbocycles. The minimum absolute atomic E-state index is 0.174. The summed E-state index contributed by atoms with van der Waals surface area (Å²) in [5, 5.41) is 2.70. The smallest absolute Gasteiger partial charge is 0.316 e. The van der Waals surface area contributed by atoms with Crippen LogP contribution in [-0.2, 0) is 20.9 Å². The van der Waals surface area contributed by atoms with E-state index in [1.165, 1.54) is 11.8 Å². The summed E-state index contributed by atoms with van der Waals surface area (Å²) in [6.45, 7) is 0.0739. The van der Waals surface area contributed by atoms with Gasteiger partial charge >= 0.3 is 5.97 Å². The summed E-state index contributed by atoms with van der Waals surface area (Å²) in [4.78, 5) is 24.3. The van der Waals surface area contributed by atoms with Crippen molar-refractivity contribution >= 4 is 23.6 Å². The van der Waals surface area contributed by atoms with Crippen molar-refractivity contribution in [3.63, 3.8) is 0 Å². The van der Waals surface area contributed by atoms with E-state index in [2.05, 4.69) is 5.32 Å². The molecule has 0 unspecified atom stereocenters. The highest BCUT2D eigenvalue weighted by Crippen LogP contribution is 2.16. The molecule has 0 aromatic heterocycles. The molecule has 0 aliphatic carbocycles. The molecule has 2 aromatic carbocycles. The minimum Gasteiger partial charge on any atom is -0.497 e. The Kier molecular flexibility index (Phi) is 7.17. The van der Waals surface area contributed by atoms with Crippen LogP contribution in [0.5, 0.6) is 5.75 Å². The highest BCUT2D eigenvalue weighted by Gasteiger charge is 2.08. The van der Waals surface area contributed by atoms with E-state index in [-0.39, 0.29) is 18.3 Å². The molecule has 6 heteroatoms. The number of thioether (sulfide) groups is 1. The first-order valence-corrected chi connectivity index (χ1v) is 8.39. The number of hydrogen-bond acceptors (Lipinski definition) is 5. The van der Waals surface area contributed by atoms with Crippen molar-refractivity contribution in [3.8, 4) is 5.75 Å². The van der Waals surface area contributed by atoms with Crippen LogP contribution >= 0.6 is 11.8 Å². The highest BCUT2D eigenvalue weighted by atomic mass is 32.2. The molecule has 0 aliphatic rings. The number of benzene rings is 2. The summed E-state index contributed by atoms with van der Waals surface area (Å²) in [6.07, 6.45) is 0. The van der Waals surface area contributed by atoms with Gasteiger partial charge in [-0.2, -0.15) is 0 Å². The topological polar surface area (TPSA) is 64.6 Å². The SMILES string of the molecule is COc1cccc(CNC(=O)COC(=O)CSc2ccccc2)c1. The number of hydrogen-bond donors (Lipinski definition) is 1. The van der Waals surface area contributed by atoms with E-state index >= 15 is 0 Å². The molecular weight excluding hydrogens is 326 g/mol. The van der Waals surface area contributed by atoms with Crippen LogP contribution < -0.4 is 10.1 Å². The van der Waals surface area contributed by atoms with Crippen LogP contribution in [0.25, 0.3) is 0 Å². The van der Waals surface area contributed by atoms with Crippen LogP contribution in [0.3, 0.4) is 0 Å². The molecule has 0 aliphatic heterocycles. The maximum Gasteiger partial charge on any atom is 0.316 e. The Morgan fingerprint density at radius 3 is 2.62 bits per heavy atom. The third-order valence-corrected chi connectivity index (χ3v) is 4.07. The lowest BCUT2D eigenvalue weighted by atomic mass is 10.2. The average molecular weight is 345 g/mol. The van der Waals surface area contributed by atoms with Crippen LogP contribution in [0.15, 0.2) is 59.5 Å². The monoisotopic (exact) mass is 345 g/mol. The molecule has 0 spiro atoms. The maximum absolute atomic E-state index is 11.7. The second-order valence-corrected chi connectivity index (χ2v) is 5.94. The predicted molar refractivity (Wildman–Crippen MR) is 93.0 cm³/mol. The van der Waals surface area contributed by atoms with Crippen molar-refractivity contribution in [1.82, 2.24) is 5.32 Å². The van der Waals surface area contributed by atoms with E-state index in [0.29, 0.717) is 6.54 Å². The number of carbonyl (C=O) groups excluding carboxylic acids is 2. The summed E-state index contributed by atoms with van der Waals surface area (Å²) < 4.78 is 10.1. The van der Waals surface area contributed by atoms with Crippen molar-refractivity contribution in [2.45, 2.75) is 11.4 Å². The zero-order valence-electron chi connectivity index (χ0n) is 13.4. The molecule has 126 valence electrons. The Morgan fingerprint density at radius 2 is 1.88 bits per heavy atom. The Bertz CT molecular complexity index is 676. The van der Waals surface area contributed by atoms with Crippen molar-refractivity contribution in [1.29, 1.82) is 0 Å². The number of methoxy groups -OCH3 is 1. The second-order valence-electron chi connectivity index (χ2n) is 4.89. The summed E-state index contributed by atoms with van der Waals surface area (Å²) in [6, 6.07) is 16.9. The van der Waals surface area contributed by atoms with Crippen LogP contribution in [0, 0.1) is 0 Å². The van der Waals surface area contributed by atoms with Gasteiger partial charge in [0.05, 0.1) is 12.9 Å². The maximum atomic E-state index is 11.7. The Morgan fingerprint density at radius 1 is 1.08 bits per heavy atom. The average Bonchev–Trinajstić information content (AvgIpc) is 2.64. The fourth-order valence-corrected chi connectivity index (χ4v) is 2.60. The zero-order valence-corrected chi connectivity index (χ0v) is 14.2. The molecule has 0 heterocycles. The highest BCUT2D eigenvalue weighted by molar-refractivity contribution is 8.00. The summed E-state index contributed by atoms with van der Waals surface area (Å²) in [7, 11) is 1.59. The predicted octanol–water partition coefficient (Wildman–Crippen LogP) is 2.65. The van der Waals surface area contributed by atoms with E-state index in [4.69, 9.17) is 9.47 Å². The number of ether oxygens (including phenoxy) is 2. The van der Waals surface area contributed by atoms with Gasteiger partial charge in [0.2, 0.25) is 0 Å². The van der Waals surface area contributed by atoms with Crippen LogP contribution in [0.4, 0.5) is 0 Å². The van der Waals surface area contributed by atoms with E-state index in [1.807, 2.05) is 54.6 Å². The van der Waals surface area contributed by atoms with E-state index < -0.39 is 5.97 Å². The first-order chi connectivity index (χ1) is 11.7. The molecule has 0 atom stereocenters. The van der Waals surface area contributed by atoms with E-state index in [1.54, 1.807) is 7.11 Å². The van der Waals surface area contributed by atoms with Crippen molar-refractivity contribution in [3.05, 3.63) is 60.2 Å². The van der Waals surface area contributed by atoms with Gasteiger partial charge < -0.3 is 14.8 Å². The minimum atomic E-state index is -0.416. The quantitative estimate of drug-likeness (QED) is 0.589. The first kappa shape index (κ1) is 17.9. The molecule has 0 bridgehead atoms. The third kappa shape index (κ3) is 6.34. The number of esters is 1. The Labute approximate surface area is 145 Å². The number of rotatable bonds is 8. The van der Waals surface area contributed by atoms with Gasteiger partial charge in [0.15, 0.2) is 6.61 Å². The van der Waals surface area contributed by atoms with Gasteiger partial charge in [-0.15, -0.1) is 11.8 Å². The third-order valence-electron chi connectivity index (χ3n) is 3.09. The molecule has 1 N–H and O–H groups in total. The van der Waals surface area contributed by atoms with Gasteiger partial charge in [-0.05, 0) is 29.8 Å². The van der Waals surface area contributed by atoms with Gasteiger partial charge in [-0.1, -0.05) is 30.3 Å². The molecule has 2 aromatic rings. The lowest BCUT2D eigenvalue weighted by Crippen LogP contribution is -2.28. The number of nitrogens with one attached hydrogen (secondary N) is 1. The van der Waals surface area contributed by atoms with Gasteiger partial charge in [0, 0.05) is 11.4 Å². The summed E-state index contributed by atoms with van der Waals surface area (Å²) in [5.74, 6) is 0.148. The fraction of sp³-hybridized carbons (Fsp3) is 0.222. The summed E-state index contributed by atoms with van der Waals surface area (Å²) >= 11 is 1.37. The number of amides is 1. The van der Waals surface area contributed by atoms with Gasteiger partial charge in [-0.25, -0.2) is 0 Å². The lowest BCUT2D eigenvalue weighted by Gasteiger charge is -2.08. The first-order valence-electron chi connectivity index (χ1n) is 7.40. The molecule has 24 heavy (non-hydrogen) atoms. The van der Waals surface area contributed by atoms with Gasteiger partial charge in [0.1, 0.15) is 5.75 Å². The number of carbonyl (C=O) groups is 2. The van der Waals surface area contributed by atoms with E-state index in [0.717, 1.165) is 16.2 Å². The fourth-order valence-electron chi connectivity index (χ4n) is 1.88. The zero-order chi connectivity index (χ0) is 17.2. The second kappa shape index (κ2) is 9.62. The molecule has 1 amide bonds. The normalized spacial score (nSPS) is 10.0. The van der Waals surface area contributed by atoms with Crippen molar-refractivity contribution < 1.29 is 19.1 Å². The van der Waals surface area contributed by atoms with Crippen LogP contribution in [0.1, 0.15) is 5.56 Å². The van der Waals surface area contributed by atoms with Crippen molar-refractivity contribution in [2.24, 2.45) is 0 Å². The summed E-state index contributed by atoms with van der Waals surface area (Å²) in [5.41, 5.74) is 0.911. The molecule has 0 saturated heterocycles. The van der Waals surface area contributed by atoms with Gasteiger partial charge in [0.25, 0.3) is 5.91 Å². The van der Waals surface area contributed by atoms with Crippen LogP contribution in [-0.4, -0.2) is 31.3 Å². The van der Waals surface area contributed by atoms with Gasteiger partial charge in [-0.3, -0.25) is 9.59 Å². The molecule has 0 radical (unpaired) electrons. The lowest BCUT2D eigenvalue weighted by molar-refractivity contribution is -0.145. The van der Waals surface area contributed by atoms with E-state index in [9.17, 15) is 9.59 Å². The molecule has 2 rings (SSSR count). The molecule has 0 fully saturated rings. The largest absolute Gasteiger partial charge is 0.497 e. The van der Waals surface area contributed by atoms with Crippen LogP contribution in [0.2, 0.25) is 0 Å². The standard InChI is InChI=1S/C18H19NO4S/c1-22-15-7-5-6-14(10-15)11-19-17(20)12-23-18(21)13-24-16-8-3-2-4-9-16/h2-10H,11-13H2,1H3,(H,19,20). The Balaban J connectivity index is 1.66.